The van der Waals surface area contributed by atoms with Crippen LogP contribution in [-0.4, -0.2) is 16.7 Å². The minimum absolute atomic E-state index is 0.741. The Labute approximate surface area is 74.6 Å². The summed E-state index contributed by atoms with van der Waals surface area (Å²) >= 11 is 1.67. The quantitative estimate of drug-likeness (QED) is 0.754. The maximum absolute atomic E-state index is 5.43. The number of rotatable bonds is 3. The van der Waals surface area contributed by atoms with Crippen LogP contribution in [0.5, 0.6) is 0 Å². The molecule has 0 aromatic carbocycles. The van der Waals surface area contributed by atoms with E-state index < -0.39 is 0 Å². The van der Waals surface area contributed by atoms with Gasteiger partial charge in [-0.05, 0) is 30.8 Å². The Morgan fingerprint density at radius 1 is 1.58 bits per heavy atom. The number of aromatic nitrogens is 2. The summed E-state index contributed by atoms with van der Waals surface area (Å²) in [5, 5.41) is 10.5. The predicted molar refractivity (Wildman–Crippen MR) is 51.3 cm³/mol. The molecule has 0 atom stereocenters. The van der Waals surface area contributed by atoms with E-state index in [4.69, 9.17) is 5.73 Å². The summed E-state index contributed by atoms with van der Waals surface area (Å²) in [6.07, 6.45) is 2.02. The molecule has 0 aliphatic heterocycles. The lowest BCUT2D eigenvalue weighted by molar-refractivity contribution is 0.808. The van der Waals surface area contributed by atoms with Gasteiger partial charge in [-0.1, -0.05) is 0 Å². The molecule has 0 amide bonds. The second-order valence-corrected chi connectivity index (χ2v) is 3.63. The van der Waals surface area contributed by atoms with Crippen LogP contribution >= 0.6 is 11.3 Å². The van der Waals surface area contributed by atoms with Crippen molar-refractivity contribution >= 4 is 21.6 Å². The van der Waals surface area contributed by atoms with E-state index in [1.807, 2.05) is 0 Å². The van der Waals surface area contributed by atoms with Crippen molar-refractivity contribution in [3.63, 3.8) is 0 Å². The number of hydrogen-bond donors (Lipinski definition) is 2. The van der Waals surface area contributed by atoms with Gasteiger partial charge in [-0.25, -0.2) is 0 Å². The van der Waals surface area contributed by atoms with Crippen LogP contribution in [0.15, 0.2) is 11.4 Å². The number of aromatic amines is 1. The third kappa shape index (κ3) is 1.23. The van der Waals surface area contributed by atoms with Crippen molar-refractivity contribution in [2.75, 3.05) is 6.54 Å². The summed E-state index contributed by atoms with van der Waals surface area (Å²) in [5.74, 6) is 0. The molecule has 0 radical (unpaired) electrons. The number of nitrogens with zero attached hydrogens (tertiary/aromatic N) is 1. The van der Waals surface area contributed by atoms with Crippen molar-refractivity contribution < 1.29 is 0 Å². The minimum Gasteiger partial charge on any atom is -0.330 e. The Bertz CT molecular complexity index is 363. The van der Waals surface area contributed by atoms with Gasteiger partial charge in [-0.2, -0.15) is 5.10 Å². The zero-order valence-electron chi connectivity index (χ0n) is 6.71. The largest absolute Gasteiger partial charge is 0.330 e. The number of aryl methyl sites for hydroxylation is 1. The van der Waals surface area contributed by atoms with E-state index in [9.17, 15) is 0 Å². The molecule has 2 rings (SSSR count). The van der Waals surface area contributed by atoms with Gasteiger partial charge >= 0.3 is 0 Å². The molecule has 2 heterocycles. The third-order valence-corrected chi connectivity index (χ3v) is 2.70. The lowest BCUT2D eigenvalue weighted by atomic mass is 10.2. The molecule has 0 saturated heterocycles. The van der Waals surface area contributed by atoms with Crippen LogP contribution in [0.25, 0.3) is 10.2 Å². The number of hydrogen-bond acceptors (Lipinski definition) is 3. The van der Waals surface area contributed by atoms with E-state index >= 15 is 0 Å². The lowest BCUT2D eigenvalue weighted by Crippen LogP contribution is -2.00. The fourth-order valence-electron chi connectivity index (χ4n) is 1.27. The van der Waals surface area contributed by atoms with Crippen LogP contribution in [-0.2, 0) is 6.42 Å². The number of nitrogens with one attached hydrogen (secondary N) is 1. The highest BCUT2D eigenvalue weighted by Crippen LogP contribution is 2.21. The first kappa shape index (κ1) is 7.76. The van der Waals surface area contributed by atoms with Crippen molar-refractivity contribution in [3.05, 3.63) is 17.1 Å². The third-order valence-electron chi connectivity index (χ3n) is 1.89. The van der Waals surface area contributed by atoms with E-state index in [1.54, 1.807) is 11.3 Å². The van der Waals surface area contributed by atoms with Crippen molar-refractivity contribution in [1.29, 1.82) is 0 Å². The maximum atomic E-state index is 5.43. The van der Waals surface area contributed by atoms with E-state index in [1.165, 1.54) is 11.1 Å². The summed E-state index contributed by atoms with van der Waals surface area (Å²) in [6.45, 7) is 0.741. The summed E-state index contributed by atoms with van der Waals surface area (Å²) in [4.78, 5) is 1.10. The Morgan fingerprint density at radius 3 is 3.33 bits per heavy atom. The number of nitrogens with two attached hydrogens (primary N) is 1. The molecule has 64 valence electrons. The van der Waals surface area contributed by atoms with Crippen molar-refractivity contribution in [2.24, 2.45) is 5.73 Å². The van der Waals surface area contributed by atoms with Gasteiger partial charge < -0.3 is 5.73 Å². The molecule has 0 aliphatic carbocycles. The fraction of sp³-hybridized carbons (Fsp3) is 0.375. The molecule has 12 heavy (non-hydrogen) atoms. The second-order valence-electron chi connectivity index (χ2n) is 2.73. The van der Waals surface area contributed by atoms with Gasteiger partial charge in [0.2, 0.25) is 0 Å². The highest BCUT2D eigenvalue weighted by molar-refractivity contribution is 7.16. The molecular weight excluding hydrogens is 170 g/mol. The zero-order valence-corrected chi connectivity index (χ0v) is 7.53. The number of H-pyrrole nitrogens is 1. The zero-order chi connectivity index (χ0) is 8.39. The molecular formula is C8H11N3S. The fourth-order valence-corrected chi connectivity index (χ4v) is 2.02. The van der Waals surface area contributed by atoms with Gasteiger partial charge in [0.1, 0.15) is 4.83 Å². The molecule has 0 saturated carbocycles. The van der Waals surface area contributed by atoms with Crippen LogP contribution in [0, 0.1) is 0 Å². The maximum Gasteiger partial charge on any atom is 0.145 e. The molecule has 0 spiro atoms. The van der Waals surface area contributed by atoms with Crippen molar-refractivity contribution in [1.82, 2.24) is 10.2 Å². The highest BCUT2D eigenvalue weighted by Gasteiger charge is 2.04. The van der Waals surface area contributed by atoms with Crippen LogP contribution in [0.1, 0.15) is 12.1 Å². The molecule has 4 heteroatoms. The summed E-state index contributed by atoms with van der Waals surface area (Å²) in [5.41, 5.74) is 6.65. The average Bonchev–Trinajstić information content (AvgIpc) is 2.62. The smallest absolute Gasteiger partial charge is 0.145 e. The number of fused-ring (bicyclic) bond motifs is 1. The topological polar surface area (TPSA) is 54.7 Å². The molecule has 3 N–H and O–H groups in total. The summed E-state index contributed by atoms with van der Waals surface area (Å²) < 4.78 is 0. The van der Waals surface area contributed by atoms with Crippen LogP contribution < -0.4 is 5.73 Å². The first-order chi connectivity index (χ1) is 5.92. The number of thiophene rings is 1. The monoisotopic (exact) mass is 181 g/mol. The van der Waals surface area contributed by atoms with Gasteiger partial charge in [-0.3, -0.25) is 5.10 Å². The van der Waals surface area contributed by atoms with Crippen molar-refractivity contribution in [3.8, 4) is 0 Å². The van der Waals surface area contributed by atoms with E-state index in [0.29, 0.717) is 0 Å². The summed E-state index contributed by atoms with van der Waals surface area (Å²) in [6, 6.07) is 2.11. The Kier molecular flexibility index (Phi) is 2.10. The molecule has 3 nitrogen and oxygen atoms in total. The van der Waals surface area contributed by atoms with Gasteiger partial charge in [0.25, 0.3) is 0 Å². The van der Waals surface area contributed by atoms with Gasteiger partial charge in [0.05, 0.1) is 0 Å². The molecule has 2 aromatic heterocycles. The highest BCUT2D eigenvalue weighted by atomic mass is 32.1. The molecule has 2 aromatic rings. The average molecular weight is 181 g/mol. The Morgan fingerprint density at radius 2 is 2.50 bits per heavy atom. The van der Waals surface area contributed by atoms with E-state index in [2.05, 4.69) is 21.6 Å². The summed E-state index contributed by atoms with van der Waals surface area (Å²) in [7, 11) is 0. The first-order valence-electron chi connectivity index (χ1n) is 4.02. The van der Waals surface area contributed by atoms with E-state index in [0.717, 1.165) is 24.2 Å². The van der Waals surface area contributed by atoms with Gasteiger partial charge in [0.15, 0.2) is 0 Å². The standard InChI is InChI=1S/C8H11N3S/c9-4-1-2-7-6-3-5-12-8(6)11-10-7/h3,5H,1-2,4,9H2,(H,10,11). The predicted octanol–water partition coefficient (Wildman–Crippen LogP) is 1.52. The van der Waals surface area contributed by atoms with Crippen LogP contribution in [0.4, 0.5) is 0 Å². The SMILES string of the molecule is NCCCc1[nH]nc2sccc12. The van der Waals surface area contributed by atoms with Crippen molar-refractivity contribution in [2.45, 2.75) is 12.8 Å². The molecule has 0 bridgehead atoms. The van der Waals surface area contributed by atoms with Crippen LogP contribution in [0.2, 0.25) is 0 Å². The molecule has 0 unspecified atom stereocenters. The first-order valence-corrected chi connectivity index (χ1v) is 4.90. The van der Waals surface area contributed by atoms with E-state index in [-0.39, 0.29) is 0 Å². The van der Waals surface area contributed by atoms with Gasteiger partial charge in [-0.15, -0.1) is 11.3 Å². The van der Waals surface area contributed by atoms with Crippen LogP contribution in [0.3, 0.4) is 0 Å². The Balaban J connectivity index is 2.28. The second kappa shape index (κ2) is 3.25. The molecule has 0 fully saturated rings. The normalized spacial score (nSPS) is 11.1. The minimum atomic E-state index is 0.741. The lowest BCUT2D eigenvalue weighted by Gasteiger charge is -1.93. The van der Waals surface area contributed by atoms with Gasteiger partial charge in [0, 0.05) is 11.1 Å². The molecule has 0 aliphatic rings. The Hall–Kier alpha value is -0.870.